The number of rotatable bonds is 6. The summed E-state index contributed by atoms with van der Waals surface area (Å²) in [6.45, 7) is 0. The van der Waals surface area contributed by atoms with Crippen LogP contribution in [-0.4, -0.2) is 26.6 Å². The molecule has 4 rings (SSSR count). The van der Waals surface area contributed by atoms with E-state index in [-0.39, 0.29) is 11.7 Å². The first-order chi connectivity index (χ1) is 12.7. The van der Waals surface area contributed by atoms with Crippen LogP contribution in [0, 0.1) is 5.82 Å². The number of nitrogens with zero attached hydrogens (tertiary/aromatic N) is 2. The van der Waals surface area contributed by atoms with Crippen LogP contribution < -0.4 is 5.32 Å². The van der Waals surface area contributed by atoms with Crippen LogP contribution in [0.3, 0.4) is 0 Å². The van der Waals surface area contributed by atoms with E-state index in [2.05, 4.69) is 20.3 Å². The minimum Gasteiger partial charge on any atom is -0.333 e. The summed E-state index contributed by atoms with van der Waals surface area (Å²) in [6.07, 6.45) is 1.13. The van der Waals surface area contributed by atoms with Crippen LogP contribution in [0.15, 0.2) is 47.6 Å². The van der Waals surface area contributed by atoms with E-state index in [4.69, 9.17) is 0 Å². The number of aromatic nitrogens is 3. The first kappa shape index (κ1) is 17.0. The van der Waals surface area contributed by atoms with Crippen molar-refractivity contribution in [2.24, 2.45) is 0 Å². The first-order valence-corrected chi connectivity index (χ1v) is 9.91. The zero-order chi connectivity index (χ0) is 17.9. The van der Waals surface area contributed by atoms with Gasteiger partial charge in [-0.2, -0.15) is 0 Å². The van der Waals surface area contributed by atoms with E-state index in [9.17, 15) is 9.18 Å². The Bertz CT molecular complexity index is 1040. The number of carbonyl (C=O) groups excluding carboxylic acids is 1. The number of H-pyrrole nitrogens is 1. The molecule has 0 unspecified atom stereocenters. The Balaban J connectivity index is 1.26. The molecule has 2 N–H and O–H groups in total. The normalized spacial score (nSPS) is 11.3. The number of thiazole rings is 1. The number of amides is 1. The molecule has 26 heavy (non-hydrogen) atoms. The van der Waals surface area contributed by atoms with E-state index in [1.54, 1.807) is 17.8 Å². The highest BCUT2D eigenvalue weighted by Gasteiger charge is 2.09. The van der Waals surface area contributed by atoms with Crippen LogP contribution in [0.2, 0.25) is 0 Å². The zero-order valence-corrected chi connectivity index (χ0v) is 15.3. The third-order valence-electron chi connectivity index (χ3n) is 3.75. The Labute approximate surface area is 157 Å². The molecule has 5 nitrogen and oxygen atoms in total. The second kappa shape index (κ2) is 7.43. The predicted molar refractivity (Wildman–Crippen MR) is 104 cm³/mol. The average molecular weight is 386 g/mol. The van der Waals surface area contributed by atoms with Gasteiger partial charge in [-0.25, -0.2) is 14.4 Å². The summed E-state index contributed by atoms with van der Waals surface area (Å²) in [4.78, 5) is 24.1. The first-order valence-electron chi connectivity index (χ1n) is 8.11. The molecule has 2 aromatic heterocycles. The summed E-state index contributed by atoms with van der Waals surface area (Å²) >= 11 is 2.87. The van der Waals surface area contributed by atoms with Gasteiger partial charge in [0.25, 0.3) is 0 Å². The molecule has 0 fully saturated rings. The quantitative estimate of drug-likeness (QED) is 0.368. The van der Waals surface area contributed by atoms with Gasteiger partial charge in [0.2, 0.25) is 5.91 Å². The van der Waals surface area contributed by atoms with E-state index in [0.29, 0.717) is 17.1 Å². The van der Waals surface area contributed by atoms with E-state index in [0.717, 1.165) is 33.1 Å². The summed E-state index contributed by atoms with van der Waals surface area (Å²) in [6, 6.07) is 12.3. The number of halogens is 1. The smallest absolute Gasteiger partial charge is 0.226 e. The lowest BCUT2D eigenvalue weighted by Gasteiger charge is -2.00. The van der Waals surface area contributed by atoms with Crippen LogP contribution in [-0.2, 0) is 4.79 Å². The van der Waals surface area contributed by atoms with Crippen LogP contribution in [0.25, 0.3) is 21.3 Å². The number of carbonyl (C=O) groups is 1. The number of anilines is 1. The molecule has 0 aliphatic rings. The molecule has 8 heteroatoms. The highest BCUT2D eigenvalue weighted by molar-refractivity contribution is 7.99. The minimum atomic E-state index is -0.304. The number of para-hydroxylation sites is 2. The van der Waals surface area contributed by atoms with Gasteiger partial charge in [0.05, 0.1) is 21.3 Å². The van der Waals surface area contributed by atoms with Crippen LogP contribution in [0.4, 0.5) is 9.52 Å². The Morgan fingerprint density at radius 2 is 2.08 bits per heavy atom. The van der Waals surface area contributed by atoms with Crippen LogP contribution in [0.5, 0.6) is 0 Å². The molecule has 132 valence electrons. The molecule has 0 saturated carbocycles. The van der Waals surface area contributed by atoms with Gasteiger partial charge in [-0.05, 0) is 36.8 Å². The molecule has 0 radical (unpaired) electrons. The molecule has 0 spiro atoms. The second-order valence-electron chi connectivity index (χ2n) is 5.69. The number of fused-ring (bicyclic) bond motifs is 2. The van der Waals surface area contributed by atoms with Gasteiger partial charge >= 0.3 is 0 Å². The Kier molecular flexibility index (Phi) is 4.85. The maximum absolute atomic E-state index is 13.2. The molecule has 2 heterocycles. The van der Waals surface area contributed by atoms with Crippen molar-refractivity contribution in [2.75, 3.05) is 11.1 Å². The molecule has 0 saturated heterocycles. The second-order valence-corrected chi connectivity index (χ2v) is 7.80. The van der Waals surface area contributed by atoms with Gasteiger partial charge in [-0.3, -0.25) is 4.79 Å². The fourth-order valence-corrected chi connectivity index (χ4v) is 4.27. The number of thioether (sulfide) groups is 1. The van der Waals surface area contributed by atoms with Gasteiger partial charge < -0.3 is 10.3 Å². The Hall–Kier alpha value is -2.45. The standard InChI is InChI=1S/C18H15FN4OS2/c19-11-7-8-14-15(10-11)26-18(22-14)23-16(24)6-3-9-25-17-20-12-4-1-2-5-13(12)21-17/h1-2,4-5,7-8,10H,3,6,9H2,(H,20,21)(H,22,23,24). The lowest BCUT2D eigenvalue weighted by atomic mass is 10.3. The van der Waals surface area contributed by atoms with E-state index >= 15 is 0 Å². The Morgan fingerprint density at radius 1 is 1.19 bits per heavy atom. The molecule has 0 aliphatic carbocycles. The van der Waals surface area contributed by atoms with Crippen molar-refractivity contribution in [3.8, 4) is 0 Å². The van der Waals surface area contributed by atoms with Gasteiger partial charge in [0.1, 0.15) is 5.82 Å². The number of benzene rings is 2. The summed E-state index contributed by atoms with van der Waals surface area (Å²) in [5.41, 5.74) is 2.65. The van der Waals surface area contributed by atoms with Crippen molar-refractivity contribution in [3.05, 3.63) is 48.3 Å². The minimum absolute atomic E-state index is 0.0882. The van der Waals surface area contributed by atoms with E-state index in [1.165, 1.54) is 23.5 Å². The molecule has 4 aromatic rings. The summed E-state index contributed by atoms with van der Waals surface area (Å²) in [5.74, 6) is 0.398. The zero-order valence-electron chi connectivity index (χ0n) is 13.7. The number of hydrogen-bond donors (Lipinski definition) is 2. The third kappa shape index (κ3) is 3.86. The molecular weight excluding hydrogens is 371 g/mol. The van der Waals surface area contributed by atoms with Crippen molar-refractivity contribution in [1.29, 1.82) is 0 Å². The Morgan fingerprint density at radius 3 is 2.96 bits per heavy atom. The lowest BCUT2D eigenvalue weighted by Crippen LogP contribution is -2.11. The fourth-order valence-electron chi connectivity index (χ4n) is 2.53. The molecule has 0 atom stereocenters. The summed E-state index contributed by atoms with van der Waals surface area (Å²) < 4.78 is 13.9. The number of nitrogens with one attached hydrogen (secondary N) is 2. The predicted octanol–water partition coefficient (Wildman–Crippen LogP) is 4.82. The highest BCUT2D eigenvalue weighted by atomic mass is 32.2. The SMILES string of the molecule is O=C(CCCSc1nc2ccccc2[nH]1)Nc1nc2ccc(F)cc2s1. The van der Waals surface area contributed by atoms with Crippen molar-refractivity contribution in [1.82, 2.24) is 15.0 Å². The maximum Gasteiger partial charge on any atom is 0.226 e. The molecular formula is C18H15FN4OS2. The molecule has 0 aliphatic heterocycles. The monoisotopic (exact) mass is 386 g/mol. The lowest BCUT2D eigenvalue weighted by molar-refractivity contribution is -0.116. The maximum atomic E-state index is 13.2. The average Bonchev–Trinajstić information content (AvgIpc) is 3.21. The summed E-state index contributed by atoms with van der Waals surface area (Å²) in [5, 5.41) is 4.15. The van der Waals surface area contributed by atoms with Gasteiger partial charge in [-0.15, -0.1) is 0 Å². The van der Waals surface area contributed by atoms with Gasteiger partial charge in [0.15, 0.2) is 10.3 Å². The van der Waals surface area contributed by atoms with Gasteiger partial charge in [0, 0.05) is 12.2 Å². The largest absolute Gasteiger partial charge is 0.333 e. The molecule has 2 aromatic carbocycles. The topological polar surface area (TPSA) is 70.7 Å². The summed E-state index contributed by atoms with van der Waals surface area (Å²) in [7, 11) is 0. The van der Waals surface area contributed by atoms with Crippen LogP contribution >= 0.6 is 23.1 Å². The molecule has 1 amide bonds. The van der Waals surface area contributed by atoms with Crippen LogP contribution in [0.1, 0.15) is 12.8 Å². The molecule has 0 bridgehead atoms. The highest BCUT2D eigenvalue weighted by Crippen LogP contribution is 2.26. The third-order valence-corrected chi connectivity index (χ3v) is 5.64. The van der Waals surface area contributed by atoms with Crippen molar-refractivity contribution < 1.29 is 9.18 Å². The van der Waals surface area contributed by atoms with Gasteiger partial charge in [-0.1, -0.05) is 35.2 Å². The number of aromatic amines is 1. The van der Waals surface area contributed by atoms with Crippen molar-refractivity contribution >= 4 is 55.4 Å². The van der Waals surface area contributed by atoms with Crippen molar-refractivity contribution in [2.45, 2.75) is 18.0 Å². The van der Waals surface area contributed by atoms with Crippen molar-refractivity contribution in [3.63, 3.8) is 0 Å². The fraction of sp³-hybridized carbons (Fsp3) is 0.167. The van der Waals surface area contributed by atoms with E-state index < -0.39 is 0 Å². The number of hydrogen-bond acceptors (Lipinski definition) is 5. The number of imidazole rings is 1. The van der Waals surface area contributed by atoms with E-state index in [1.807, 2.05) is 24.3 Å².